The van der Waals surface area contributed by atoms with Crippen LogP contribution in [0.3, 0.4) is 0 Å². The van der Waals surface area contributed by atoms with Crippen molar-refractivity contribution in [2.24, 2.45) is 5.92 Å². The van der Waals surface area contributed by atoms with Gasteiger partial charge in [0, 0.05) is 6.04 Å². The molecule has 17 heavy (non-hydrogen) atoms. The summed E-state index contributed by atoms with van der Waals surface area (Å²) >= 11 is 0. The maximum Gasteiger partial charge on any atom is 0.310 e. The topological polar surface area (TPSA) is 38.3 Å². The average Bonchev–Trinajstić information content (AvgIpc) is 2.77. The van der Waals surface area contributed by atoms with E-state index in [4.69, 9.17) is 4.74 Å². The number of carbonyl (C=O) groups is 1. The summed E-state index contributed by atoms with van der Waals surface area (Å²) in [6, 6.07) is 10.6. The summed E-state index contributed by atoms with van der Waals surface area (Å²) in [6.07, 6.45) is 1.84. The number of hydrogen-bond acceptors (Lipinski definition) is 3. The molecule has 0 amide bonds. The highest BCUT2D eigenvalue weighted by Gasteiger charge is 2.31. The third kappa shape index (κ3) is 3.30. The summed E-state index contributed by atoms with van der Waals surface area (Å²) in [4.78, 5) is 11.4. The van der Waals surface area contributed by atoms with Gasteiger partial charge in [-0.25, -0.2) is 0 Å². The Morgan fingerprint density at radius 1 is 1.41 bits per heavy atom. The van der Waals surface area contributed by atoms with Crippen LogP contribution in [0.4, 0.5) is 0 Å². The Morgan fingerprint density at radius 2 is 2.18 bits per heavy atom. The van der Waals surface area contributed by atoms with Crippen LogP contribution in [0.25, 0.3) is 0 Å². The van der Waals surface area contributed by atoms with E-state index >= 15 is 0 Å². The number of carbonyl (C=O) groups excluding carboxylic acids is 1. The highest BCUT2D eigenvalue weighted by molar-refractivity contribution is 5.74. The smallest absolute Gasteiger partial charge is 0.310 e. The second-order valence-electron chi connectivity index (χ2n) is 4.54. The van der Waals surface area contributed by atoms with Crippen molar-refractivity contribution in [3.8, 4) is 0 Å². The molecular weight excluding hydrogens is 214 g/mol. The summed E-state index contributed by atoms with van der Waals surface area (Å²) in [5.41, 5.74) is 1.32. The lowest BCUT2D eigenvalue weighted by molar-refractivity contribution is -0.141. The quantitative estimate of drug-likeness (QED) is 0.788. The first-order valence-electron chi connectivity index (χ1n) is 6.21. The zero-order valence-electron chi connectivity index (χ0n) is 10.2. The van der Waals surface area contributed by atoms with Gasteiger partial charge < -0.3 is 10.1 Å². The Hall–Kier alpha value is -1.35. The van der Waals surface area contributed by atoms with Crippen molar-refractivity contribution in [2.45, 2.75) is 25.8 Å². The van der Waals surface area contributed by atoms with Gasteiger partial charge in [0.25, 0.3) is 0 Å². The number of rotatable bonds is 5. The predicted molar refractivity (Wildman–Crippen MR) is 66.7 cm³/mol. The Labute approximate surface area is 102 Å². The molecule has 0 aromatic heterocycles. The minimum absolute atomic E-state index is 0.0331. The predicted octanol–water partition coefficient (Wildman–Crippen LogP) is 1.77. The molecule has 2 rings (SSSR count). The van der Waals surface area contributed by atoms with E-state index in [2.05, 4.69) is 24.4 Å². The van der Waals surface area contributed by atoms with Crippen LogP contribution in [0.15, 0.2) is 30.3 Å². The molecule has 2 atom stereocenters. The average molecular weight is 233 g/mol. The molecule has 1 saturated heterocycles. The molecule has 2 unspecified atom stereocenters. The van der Waals surface area contributed by atoms with E-state index in [0.717, 1.165) is 19.4 Å². The van der Waals surface area contributed by atoms with Crippen molar-refractivity contribution < 1.29 is 9.53 Å². The molecule has 3 heteroatoms. The largest absolute Gasteiger partial charge is 0.465 e. The first-order valence-corrected chi connectivity index (χ1v) is 6.21. The summed E-state index contributed by atoms with van der Waals surface area (Å²) in [5, 5.41) is 3.40. The van der Waals surface area contributed by atoms with Gasteiger partial charge in [0.2, 0.25) is 0 Å². The lowest BCUT2D eigenvalue weighted by Crippen LogP contribution is -2.36. The van der Waals surface area contributed by atoms with E-state index in [9.17, 15) is 4.79 Å². The number of nitrogens with one attached hydrogen (secondary N) is 1. The van der Waals surface area contributed by atoms with Crippen molar-refractivity contribution in [3.05, 3.63) is 35.9 Å². The van der Waals surface area contributed by atoms with Crippen LogP contribution < -0.4 is 5.32 Å². The SMILES string of the molecule is CC(NCCc1ccccc1)C1CCOC1=O. The molecule has 1 aliphatic rings. The fraction of sp³-hybridized carbons (Fsp3) is 0.500. The van der Waals surface area contributed by atoms with Gasteiger partial charge in [-0.15, -0.1) is 0 Å². The van der Waals surface area contributed by atoms with Gasteiger partial charge in [-0.05, 0) is 31.9 Å². The molecule has 0 aliphatic carbocycles. The zero-order chi connectivity index (χ0) is 12.1. The molecule has 1 N–H and O–H groups in total. The first kappa shape index (κ1) is 12.1. The van der Waals surface area contributed by atoms with Crippen molar-refractivity contribution >= 4 is 5.97 Å². The minimum Gasteiger partial charge on any atom is -0.465 e. The molecule has 1 aliphatic heterocycles. The maximum absolute atomic E-state index is 11.4. The highest BCUT2D eigenvalue weighted by Crippen LogP contribution is 2.18. The van der Waals surface area contributed by atoms with E-state index < -0.39 is 0 Å². The summed E-state index contributed by atoms with van der Waals surface area (Å²) in [6.45, 7) is 3.53. The van der Waals surface area contributed by atoms with Crippen LogP contribution in [-0.2, 0) is 16.0 Å². The standard InChI is InChI=1S/C14H19NO2/c1-11(13-8-10-17-14(13)16)15-9-7-12-5-3-2-4-6-12/h2-6,11,13,15H,7-10H2,1H3. The van der Waals surface area contributed by atoms with Crippen molar-refractivity contribution in [2.75, 3.05) is 13.2 Å². The Bertz CT molecular complexity index is 364. The van der Waals surface area contributed by atoms with Gasteiger partial charge in [0.1, 0.15) is 0 Å². The van der Waals surface area contributed by atoms with E-state index in [-0.39, 0.29) is 17.9 Å². The number of ether oxygens (including phenoxy) is 1. The number of benzene rings is 1. The fourth-order valence-electron chi connectivity index (χ4n) is 2.20. The molecule has 1 aromatic rings. The summed E-state index contributed by atoms with van der Waals surface area (Å²) in [7, 11) is 0. The van der Waals surface area contributed by atoms with Crippen molar-refractivity contribution in [1.29, 1.82) is 0 Å². The van der Waals surface area contributed by atoms with Crippen molar-refractivity contribution in [1.82, 2.24) is 5.32 Å². The van der Waals surface area contributed by atoms with Crippen LogP contribution in [0, 0.1) is 5.92 Å². The van der Waals surface area contributed by atoms with E-state index in [1.54, 1.807) is 0 Å². The molecule has 0 bridgehead atoms. The van der Waals surface area contributed by atoms with Crippen LogP contribution in [-0.4, -0.2) is 25.2 Å². The molecule has 1 heterocycles. The van der Waals surface area contributed by atoms with Crippen LogP contribution in [0.1, 0.15) is 18.9 Å². The Balaban J connectivity index is 1.73. The fourth-order valence-corrected chi connectivity index (χ4v) is 2.20. The van der Waals surface area contributed by atoms with Crippen molar-refractivity contribution in [3.63, 3.8) is 0 Å². The van der Waals surface area contributed by atoms with E-state index in [1.165, 1.54) is 5.56 Å². The first-order chi connectivity index (χ1) is 8.27. The second-order valence-corrected chi connectivity index (χ2v) is 4.54. The molecule has 1 fully saturated rings. The van der Waals surface area contributed by atoms with Crippen LogP contribution in [0.2, 0.25) is 0 Å². The van der Waals surface area contributed by atoms with Crippen LogP contribution >= 0.6 is 0 Å². The molecule has 0 radical (unpaired) electrons. The monoisotopic (exact) mass is 233 g/mol. The van der Waals surface area contributed by atoms with Crippen LogP contribution in [0.5, 0.6) is 0 Å². The minimum atomic E-state index is -0.0512. The summed E-state index contributed by atoms with van der Waals surface area (Å²) < 4.78 is 4.97. The second kappa shape index (κ2) is 5.82. The Kier molecular flexibility index (Phi) is 4.15. The highest BCUT2D eigenvalue weighted by atomic mass is 16.5. The van der Waals surface area contributed by atoms with E-state index in [0.29, 0.717) is 6.61 Å². The van der Waals surface area contributed by atoms with Gasteiger partial charge in [-0.1, -0.05) is 30.3 Å². The molecule has 1 aromatic carbocycles. The number of esters is 1. The number of cyclic esters (lactones) is 1. The number of hydrogen-bond donors (Lipinski definition) is 1. The third-order valence-electron chi connectivity index (χ3n) is 3.30. The zero-order valence-corrected chi connectivity index (χ0v) is 10.2. The molecule has 0 saturated carbocycles. The lowest BCUT2D eigenvalue weighted by Gasteiger charge is -2.17. The Morgan fingerprint density at radius 3 is 2.82 bits per heavy atom. The lowest BCUT2D eigenvalue weighted by atomic mass is 10.00. The summed E-state index contributed by atoms with van der Waals surface area (Å²) in [5.74, 6) is -0.0181. The van der Waals surface area contributed by atoms with Gasteiger partial charge in [-0.3, -0.25) is 4.79 Å². The normalized spacial score (nSPS) is 21.2. The molecule has 0 spiro atoms. The molecule has 3 nitrogen and oxygen atoms in total. The maximum atomic E-state index is 11.4. The van der Waals surface area contributed by atoms with E-state index in [1.807, 2.05) is 18.2 Å². The van der Waals surface area contributed by atoms with Gasteiger partial charge in [-0.2, -0.15) is 0 Å². The third-order valence-corrected chi connectivity index (χ3v) is 3.30. The van der Waals surface area contributed by atoms with Gasteiger partial charge >= 0.3 is 5.97 Å². The van der Waals surface area contributed by atoms with Gasteiger partial charge in [0.15, 0.2) is 0 Å². The molecular formula is C14H19NO2. The van der Waals surface area contributed by atoms with Gasteiger partial charge in [0.05, 0.1) is 12.5 Å². The molecule has 92 valence electrons.